The van der Waals surface area contributed by atoms with E-state index in [1.54, 1.807) is 6.33 Å². The number of carbonyl (C=O) groups excluding carboxylic acids is 1. The van der Waals surface area contributed by atoms with Crippen molar-refractivity contribution in [3.8, 4) is 5.88 Å². The average molecular weight is 633 g/mol. The average Bonchev–Trinajstić information content (AvgIpc) is 3.26. The quantitative estimate of drug-likeness (QED) is 0.171. The number of halogens is 4. The molecule has 0 radical (unpaired) electrons. The van der Waals surface area contributed by atoms with Crippen LogP contribution in [0.1, 0.15) is 12.5 Å². The van der Waals surface area contributed by atoms with Gasteiger partial charge < -0.3 is 24.8 Å². The lowest BCUT2D eigenvalue weighted by atomic mass is 9.83. The molecule has 2 unspecified atom stereocenters. The minimum Gasteiger partial charge on any atom is -0.492 e. The molecule has 1 saturated carbocycles. The number of ether oxygens (including phenoxy) is 3. The minimum atomic E-state index is -4.88. The Morgan fingerprint density at radius 1 is 1.16 bits per heavy atom. The minimum absolute atomic E-state index is 0.0637. The van der Waals surface area contributed by atoms with E-state index in [9.17, 15) is 22.4 Å². The number of allylic oxidation sites excluding steroid dienone is 4. The fourth-order valence-electron chi connectivity index (χ4n) is 5.66. The SMILES string of the molecule is CC1C(Oc2ncnc3c2ncn3COCC[Si](C)(C)C)=CC=C2O[C@@H]3[C@@H](NC(=O)Nc4ccc(F)c(C(F)(F)F)c4)[C@@H]3C21. The summed E-state index contributed by atoms with van der Waals surface area (Å²) in [5, 5.41) is 5.13. The van der Waals surface area contributed by atoms with E-state index in [2.05, 4.69) is 45.2 Å². The van der Waals surface area contributed by atoms with Crippen molar-refractivity contribution in [3.63, 3.8) is 0 Å². The number of urea groups is 1. The lowest BCUT2D eigenvalue weighted by Gasteiger charge is -2.28. The molecule has 10 nitrogen and oxygen atoms in total. The summed E-state index contributed by atoms with van der Waals surface area (Å²) in [4.78, 5) is 25.8. The second kappa shape index (κ2) is 11.2. The van der Waals surface area contributed by atoms with Gasteiger partial charge in [0.1, 0.15) is 36.5 Å². The maximum atomic E-state index is 13.6. The molecular formula is C29H32F4N6O4Si. The highest BCUT2D eigenvalue weighted by Gasteiger charge is 2.65. The monoisotopic (exact) mass is 632 g/mol. The normalized spacial score (nSPS) is 24.1. The summed E-state index contributed by atoms with van der Waals surface area (Å²) >= 11 is 0. The van der Waals surface area contributed by atoms with Crippen LogP contribution < -0.4 is 15.4 Å². The number of nitrogens with zero attached hydrogens (tertiary/aromatic N) is 4. The molecule has 234 valence electrons. The van der Waals surface area contributed by atoms with Gasteiger partial charge in [-0.15, -0.1) is 0 Å². The Morgan fingerprint density at radius 3 is 2.70 bits per heavy atom. The van der Waals surface area contributed by atoms with Crippen LogP contribution in [0.15, 0.2) is 54.5 Å². The van der Waals surface area contributed by atoms with Gasteiger partial charge in [0.2, 0.25) is 0 Å². The molecule has 1 saturated heterocycles. The van der Waals surface area contributed by atoms with Gasteiger partial charge in [-0.25, -0.2) is 19.2 Å². The molecule has 3 aromatic rings. The molecule has 0 bridgehead atoms. The maximum Gasteiger partial charge on any atom is 0.419 e. The summed E-state index contributed by atoms with van der Waals surface area (Å²) in [6.07, 6.45) is 1.56. The summed E-state index contributed by atoms with van der Waals surface area (Å²) in [5.74, 6) is 0.0215. The third-order valence-corrected chi connectivity index (χ3v) is 9.76. The highest BCUT2D eigenvalue weighted by atomic mass is 28.3. The zero-order chi connectivity index (χ0) is 31.4. The number of benzene rings is 1. The Balaban J connectivity index is 1.08. The van der Waals surface area contributed by atoms with Crippen LogP contribution in [0.3, 0.4) is 0 Å². The number of nitrogens with one attached hydrogen (secondary N) is 2. The lowest BCUT2D eigenvalue weighted by molar-refractivity contribution is -0.139. The highest BCUT2D eigenvalue weighted by molar-refractivity contribution is 6.76. The number of amides is 2. The third-order valence-electron chi connectivity index (χ3n) is 8.06. The van der Waals surface area contributed by atoms with E-state index in [1.165, 1.54) is 6.33 Å². The molecule has 1 aliphatic heterocycles. The van der Waals surface area contributed by atoms with Gasteiger partial charge in [0, 0.05) is 38.1 Å². The Bertz CT molecular complexity index is 1650. The van der Waals surface area contributed by atoms with Crippen molar-refractivity contribution in [1.82, 2.24) is 24.8 Å². The van der Waals surface area contributed by atoms with Gasteiger partial charge in [-0.1, -0.05) is 26.6 Å². The summed E-state index contributed by atoms with van der Waals surface area (Å²) in [6, 6.07) is 2.28. The Hall–Kier alpha value is -3.98. The van der Waals surface area contributed by atoms with E-state index in [0.29, 0.717) is 48.3 Å². The van der Waals surface area contributed by atoms with Crippen molar-refractivity contribution in [2.24, 2.45) is 17.8 Å². The van der Waals surface area contributed by atoms with E-state index >= 15 is 0 Å². The standard InChI is InChI=1S/C29H32F4N6O4Si/c1-15-19(43-27-24-26(34-12-35-27)39(13-36-24)14-41-9-10-44(2,3)4)7-8-20-21(15)22-23(25(22)42-20)38-28(40)37-16-5-6-18(30)17(11-16)29(31,32)33/h5-8,11-13,15,21-23,25H,9-10,14H2,1-4H3,(H2,37,38,40)/t15?,21?,22-,23-,25-/m0/s1. The molecule has 2 aliphatic carbocycles. The molecule has 1 aromatic carbocycles. The molecule has 0 spiro atoms. The van der Waals surface area contributed by atoms with Gasteiger partial charge in [0.05, 0.1) is 17.9 Å². The number of carbonyl (C=O) groups is 1. The number of hydrogen-bond acceptors (Lipinski definition) is 7. The van der Waals surface area contributed by atoms with Crippen molar-refractivity contribution in [2.75, 3.05) is 11.9 Å². The van der Waals surface area contributed by atoms with Gasteiger partial charge in [-0.05, 0) is 36.4 Å². The topological polar surface area (TPSA) is 112 Å². The fraction of sp³-hybridized carbons (Fsp3) is 0.448. The first-order valence-corrected chi connectivity index (χ1v) is 17.9. The van der Waals surface area contributed by atoms with E-state index in [4.69, 9.17) is 14.2 Å². The van der Waals surface area contributed by atoms with Crippen molar-refractivity contribution in [2.45, 2.75) is 57.7 Å². The van der Waals surface area contributed by atoms with Gasteiger partial charge >= 0.3 is 12.2 Å². The molecule has 15 heteroatoms. The zero-order valence-electron chi connectivity index (χ0n) is 24.5. The number of alkyl halides is 3. The fourth-order valence-corrected chi connectivity index (χ4v) is 6.42. The Kier molecular flexibility index (Phi) is 7.64. The van der Waals surface area contributed by atoms with Crippen LogP contribution in [-0.2, 0) is 22.4 Å². The second-order valence-corrected chi connectivity index (χ2v) is 18.1. The maximum absolute atomic E-state index is 13.6. The number of rotatable bonds is 9. The number of hydrogen-bond donors (Lipinski definition) is 2. The van der Waals surface area contributed by atoms with E-state index in [-0.39, 0.29) is 35.6 Å². The summed E-state index contributed by atoms with van der Waals surface area (Å²) < 4.78 is 72.8. The Labute approximate surface area is 251 Å². The van der Waals surface area contributed by atoms with E-state index < -0.39 is 31.7 Å². The van der Waals surface area contributed by atoms with Crippen LogP contribution in [0.2, 0.25) is 25.7 Å². The molecule has 2 aromatic heterocycles. The molecule has 6 rings (SSSR count). The van der Waals surface area contributed by atoms with E-state index in [0.717, 1.165) is 17.9 Å². The summed E-state index contributed by atoms with van der Waals surface area (Å²) in [7, 11) is -1.21. The molecular weight excluding hydrogens is 600 g/mol. The van der Waals surface area contributed by atoms with Crippen LogP contribution in [-0.4, -0.2) is 52.4 Å². The van der Waals surface area contributed by atoms with Crippen molar-refractivity contribution >= 4 is 31.0 Å². The number of aromatic nitrogens is 4. The summed E-state index contributed by atoms with van der Waals surface area (Å²) in [5.41, 5.74) is -0.536. The van der Waals surface area contributed by atoms with Crippen molar-refractivity contribution in [3.05, 3.63) is 65.9 Å². The van der Waals surface area contributed by atoms with Gasteiger partial charge in [0.15, 0.2) is 11.2 Å². The van der Waals surface area contributed by atoms with Crippen LogP contribution in [0, 0.1) is 23.6 Å². The first-order chi connectivity index (χ1) is 20.8. The first-order valence-electron chi connectivity index (χ1n) is 14.2. The van der Waals surface area contributed by atoms with Crippen LogP contribution in [0.4, 0.5) is 28.0 Å². The molecule has 3 aliphatic rings. The molecule has 2 fully saturated rings. The van der Waals surface area contributed by atoms with Gasteiger partial charge in [-0.2, -0.15) is 18.2 Å². The van der Waals surface area contributed by atoms with Gasteiger partial charge in [0.25, 0.3) is 5.88 Å². The van der Waals surface area contributed by atoms with Crippen LogP contribution in [0.25, 0.3) is 11.2 Å². The van der Waals surface area contributed by atoms with Crippen molar-refractivity contribution < 1.29 is 36.6 Å². The lowest BCUT2D eigenvalue weighted by Crippen LogP contribution is -2.36. The second-order valence-electron chi connectivity index (χ2n) is 12.4. The molecule has 3 heterocycles. The number of fused-ring (bicyclic) bond motifs is 4. The largest absolute Gasteiger partial charge is 0.492 e. The van der Waals surface area contributed by atoms with Crippen LogP contribution >= 0.6 is 0 Å². The highest BCUT2D eigenvalue weighted by Crippen LogP contribution is 2.57. The molecule has 44 heavy (non-hydrogen) atoms. The molecule has 2 N–H and O–H groups in total. The molecule has 2 amide bonds. The predicted octanol–water partition coefficient (Wildman–Crippen LogP) is 5.93. The van der Waals surface area contributed by atoms with E-state index in [1.807, 2.05) is 23.6 Å². The number of anilines is 1. The predicted molar refractivity (Wildman–Crippen MR) is 155 cm³/mol. The Morgan fingerprint density at radius 2 is 1.95 bits per heavy atom. The number of imidazole rings is 1. The summed E-state index contributed by atoms with van der Waals surface area (Å²) in [6.45, 7) is 9.85. The van der Waals surface area contributed by atoms with Crippen LogP contribution in [0.5, 0.6) is 5.88 Å². The molecule has 5 atom stereocenters. The third kappa shape index (κ3) is 6.02. The smallest absolute Gasteiger partial charge is 0.419 e. The zero-order valence-corrected chi connectivity index (χ0v) is 25.5. The van der Waals surface area contributed by atoms with Gasteiger partial charge in [-0.3, -0.25) is 4.57 Å². The van der Waals surface area contributed by atoms with Crippen molar-refractivity contribution in [1.29, 1.82) is 0 Å². The first kappa shape index (κ1) is 30.1.